The minimum absolute atomic E-state index is 0.239. The van der Waals surface area contributed by atoms with Crippen molar-refractivity contribution in [3.8, 4) is 5.75 Å². The summed E-state index contributed by atoms with van der Waals surface area (Å²) in [5, 5.41) is 10.6. The second-order valence-electron chi connectivity index (χ2n) is 6.26. The Labute approximate surface area is 162 Å². The van der Waals surface area contributed by atoms with Crippen LogP contribution in [0.25, 0.3) is 0 Å². The maximum atomic E-state index is 11.9. The standard InChI is InChI=1S/C20H20N6O2/c1-3-28-16-9-6-10-21-20(16)26-18(12-27)22-15-8-5-4-7-14(15)19(26)23-17-11-13(2)24-25-17/h4-12,19H,3H2,1-2H3,(H2,23,24,25). The largest absolute Gasteiger partial charge is 0.490 e. The number of benzene rings is 1. The summed E-state index contributed by atoms with van der Waals surface area (Å²) in [6.45, 7) is 4.31. The summed E-state index contributed by atoms with van der Waals surface area (Å²) in [5.41, 5.74) is 2.55. The van der Waals surface area contributed by atoms with Crippen molar-refractivity contribution in [1.29, 1.82) is 0 Å². The molecule has 0 fully saturated rings. The van der Waals surface area contributed by atoms with Crippen molar-refractivity contribution in [1.82, 2.24) is 15.2 Å². The number of para-hydroxylation sites is 1. The van der Waals surface area contributed by atoms with Crippen LogP contribution < -0.4 is 15.0 Å². The third-order valence-electron chi connectivity index (χ3n) is 4.35. The van der Waals surface area contributed by atoms with Gasteiger partial charge in [-0.3, -0.25) is 14.8 Å². The van der Waals surface area contributed by atoms with Crippen LogP contribution in [0, 0.1) is 6.92 Å². The molecular formula is C20H20N6O2. The van der Waals surface area contributed by atoms with Crippen molar-refractivity contribution >= 4 is 29.4 Å². The number of anilines is 2. The first-order chi connectivity index (χ1) is 13.7. The Morgan fingerprint density at radius 1 is 1.29 bits per heavy atom. The van der Waals surface area contributed by atoms with E-state index in [4.69, 9.17) is 4.74 Å². The van der Waals surface area contributed by atoms with Gasteiger partial charge in [-0.05, 0) is 32.0 Å². The van der Waals surface area contributed by atoms with Gasteiger partial charge in [0.05, 0.1) is 12.3 Å². The number of rotatable bonds is 6. The van der Waals surface area contributed by atoms with Crippen LogP contribution in [-0.2, 0) is 4.79 Å². The minimum atomic E-state index is -0.439. The topological polar surface area (TPSA) is 95.5 Å². The molecule has 2 N–H and O–H groups in total. The third-order valence-corrected chi connectivity index (χ3v) is 4.35. The molecule has 0 radical (unpaired) electrons. The van der Waals surface area contributed by atoms with E-state index in [2.05, 4.69) is 25.5 Å². The Bertz CT molecular complexity index is 1030. The van der Waals surface area contributed by atoms with Crippen LogP contribution in [0.1, 0.15) is 24.3 Å². The number of aromatic nitrogens is 3. The van der Waals surface area contributed by atoms with E-state index in [1.807, 2.05) is 50.2 Å². The summed E-state index contributed by atoms with van der Waals surface area (Å²) >= 11 is 0. The van der Waals surface area contributed by atoms with Crippen molar-refractivity contribution in [2.24, 2.45) is 4.99 Å². The molecule has 0 aliphatic carbocycles. The molecule has 0 amide bonds. The predicted molar refractivity (Wildman–Crippen MR) is 107 cm³/mol. The number of carbonyl (C=O) groups excluding carboxylic acids is 1. The lowest BCUT2D eigenvalue weighted by molar-refractivity contribution is -0.102. The van der Waals surface area contributed by atoms with Gasteiger partial charge in [0.15, 0.2) is 23.7 Å². The summed E-state index contributed by atoms with van der Waals surface area (Å²) in [4.78, 5) is 22.7. The van der Waals surface area contributed by atoms with Crippen LogP contribution in [-0.4, -0.2) is 33.9 Å². The number of hydrogen-bond acceptors (Lipinski definition) is 7. The number of nitrogens with zero attached hydrogens (tertiary/aromatic N) is 4. The van der Waals surface area contributed by atoms with E-state index < -0.39 is 6.17 Å². The molecule has 8 heteroatoms. The molecule has 0 spiro atoms. The number of aldehydes is 1. The first-order valence-electron chi connectivity index (χ1n) is 8.99. The molecule has 0 saturated carbocycles. The van der Waals surface area contributed by atoms with Crippen molar-refractivity contribution in [3.63, 3.8) is 0 Å². The van der Waals surface area contributed by atoms with Gasteiger partial charge in [-0.15, -0.1) is 0 Å². The van der Waals surface area contributed by atoms with Gasteiger partial charge in [0.1, 0.15) is 12.0 Å². The van der Waals surface area contributed by atoms with E-state index in [9.17, 15) is 4.79 Å². The molecule has 1 aliphatic rings. The number of aliphatic imine (C=N–C) groups is 1. The Balaban J connectivity index is 1.87. The molecule has 0 saturated heterocycles. The highest BCUT2D eigenvalue weighted by atomic mass is 16.5. The molecule has 8 nitrogen and oxygen atoms in total. The Kier molecular flexibility index (Phi) is 4.76. The summed E-state index contributed by atoms with van der Waals surface area (Å²) in [5.74, 6) is 1.98. The number of H-pyrrole nitrogens is 1. The lowest BCUT2D eigenvalue weighted by atomic mass is 10.1. The maximum absolute atomic E-state index is 11.9. The zero-order valence-corrected chi connectivity index (χ0v) is 15.6. The summed E-state index contributed by atoms with van der Waals surface area (Å²) in [6.07, 6.45) is 1.95. The number of fused-ring (bicyclic) bond motifs is 1. The minimum Gasteiger partial charge on any atom is -0.490 e. The molecule has 142 valence electrons. The van der Waals surface area contributed by atoms with Gasteiger partial charge < -0.3 is 10.1 Å². The van der Waals surface area contributed by atoms with E-state index in [-0.39, 0.29) is 5.84 Å². The monoisotopic (exact) mass is 376 g/mol. The number of hydrogen-bond donors (Lipinski definition) is 2. The lowest BCUT2D eigenvalue weighted by Crippen LogP contribution is -2.42. The molecule has 1 unspecified atom stereocenters. The molecule has 3 heterocycles. The number of amidine groups is 1. The zero-order valence-electron chi connectivity index (χ0n) is 15.6. The average Bonchev–Trinajstić information content (AvgIpc) is 3.13. The Hall–Kier alpha value is -3.68. The van der Waals surface area contributed by atoms with Gasteiger partial charge in [-0.25, -0.2) is 9.98 Å². The Morgan fingerprint density at radius 3 is 2.89 bits per heavy atom. The highest BCUT2D eigenvalue weighted by molar-refractivity contribution is 6.35. The zero-order chi connectivity index (χ0) is 19.5. The fourth-order valence-corrected chi connectivity index (χ4v) is 3.19. The molecule has 3 aromatic rings. The molecule has 28 heavy (non-hydrogen) atoms. The highest BCUT2D eigenvalue weighted by Crippen LogP contribution is 2.40. The quantitative estimate of drug-likeness (QED) is 0.641. The first-order valence-corrected chi connectivity index (χ1v) is 8.99. The number of carbonyl (C=O) groups is 1. The van der Waals surface area contributed by atoms with Crippen LogP contribution >= 0.6 is 0 Å². The summed E-state index contributed by atoms with van der Waals surface area (Å²) in [6, 6.07) is 13.2. The summed E-state index contributed by atoms with van der Waals surface area (Å²) in [7, 11) is 0. The first kappa shape index (κ1) is 17.7. The van der Waals surface area contributed by atoms with Crippen LogP contribution in [0.4, 0.5) is 17.3 Å². The van der Waals surface area contributed by atoms with Gasteiger partial charge in [0.2, 0.25) is 0 Å². The van der Waals surface area contributed by atoms with E-state index in [0.29, 0.717) is 24.0 Å². The molecule has 1 aliphatic heterocycles. The van der Waals surface area contributed by atoms with Crippen molar-refractivity contribution in [2.75, 3.05) is 16.8 Å². The van der Waals surface area contributed by atoms with Gasteiger partial charge in [0, 0.05) is 23.5 Å². The van der Waals surface area contributed by atoms with Crippen molar-refractivity contribution in [2.45, 2.75) is 20.0 Å². The fourth-order valence-electron chi connectivity index (χ4n) is 3.19. The normalized spacial score (nSPS) is 15.6. The molecule has 1 atom stereocenters. The van der Waals surface area contributed by atoms with Gasteiger partial charge in [0.25, 0.3) is 0 Å². The SMILES string of the molecule is CCOc1cccnc1N1C(C=O)=Nc2ccccc2C1Nc1cc(C)[nH]n1. The second kappa shape index (κ2) is 7.51. The number of nitrogens with one attached hydrogen (secondary N) is 2. The van der Waals surface area contributed by atoms with E-state index in [1.165, 1.54) is 0 Å². The van der Waals surface area contributed by atoms with E-state index >= 15 is 0 Å². The average molecular weight is 376 g/mol. The van der Waals surface area contributed by atoms with Crippen LogP contribution in [0.2, 0.25) is 0 Å². The molecular weight excluding hydrogens is 356 g/mol. The van der Waals surface area contributed by atoms with Gasteiger partial charge in [-0.2, -0.15) is 5.10 Å². The van der Waals surface area contributed by atoms with E-state index in [0.717, 1.165) is 23.2 Å². The number of ether oxygens (including phenoxy) is 1. The summed E-state index contributed by atoms with van der Waals surface area (Å²) < 4.78 is 5.75. The second-order valence-corrected chi connectivity index (χ2v) is 6.26. The lowest BCUT2D eigenvalue weighted by Gasteiger charge is -2.36. The van der Waals surface area contributed by atoms with Crippen LogP contribution in [0.5, 0.6) is 5.75 Å². The molecule has 0 bridgehead atoms. The Morgan fingerprint density at radius 2 is 2.14 bits per heavy atom. The molecule has 4 rings (SSSR count). The van der Waals surface area contributed by atoms with E-state index in [1.54, 1.807) is 17.2 Å². The maximum Gasteiger partial charge on any atom is 0.185 e. The highest BCUT2D eigenvalue weighted by Gasteiger charge is 2.34. The number of aryl methyl sites for hydroxylation is 1. The smallest absolute Gasteiger partial charge is 0.185 e. The fraction of sp³-hybridized carbons (Fsp3) is 0.200. The van der Waals surface area contributed by atoms with Crippen LogP contribution in [0.15, 0.2) is 53.7 Å². The number of aromatic amines is 1. The number of pyridine rings is 1. The van der Waals surface area contributed by atoms with Crippen molar-refractivity contribution in [3.05, 3.63) is 59.9 Å². The van der Waals surface area contributed by atoms with Crippen LogP contribution in [0.3, 0.4) is 0 Å². The van der Waals surface area contributed by atoms with Crippen molar-refractivity contribution < 1.29 is 9.53 Å². The predicted octanol–water partition coefficient (Wildman–Crippen LogP) is 3.37. The molecule has 2 aromatic heterocycles. The van der Waals surface area contributed by atoms with Gasteiger partial charge >= 0.3 is 0 Å². The van der Waals surface area contributed by atoms with Gasteiger partial charge in [-0.1, -0.05) is 18.2 Å². The molecule has 1 aromatic carbocycles. The third kappa shape index (κ3) is 3.20.